The number of rotatable bonds is 4. The largest absolute Gasteiger partial charge is 0.337 e. The third-order valence-electron chi connectivity index (χ3n) is 4.34. The fraction of sp³-hybridized carbons (Fsp3) is 0.143. The number of amides is 1. The highest BCUT2D eigenvalue weighted by Gasteiger charge is 2.18. The highest BCUT2D eigenvalue weighted by molar-refractivity contribution is 6.05. The Bertz CT molecular complexity index is 1110. The zero-order chi connectivity index (χ0) is 18.8. The number of hydrogen-bond donors (Lipinski definition) is 0. The van der Waals surface area contributed by atoms with Crippen molar-refractivity contribution in [1.82, 2.24) is 20.0 Å². The third kappa shape index (κ3) is 3.42. The molecule has 2 aromatic carbocycles. The van der Waals surface area contributed by atoms with E-state index in [4.69, 9.17) is 4.52 Å². The van der Waals surface area contributed by atoms with Gasteiger partial charge in [-0.25, -0.2) is 0 Å². The van der Waals surface area contributed by atoms with E-state index in [1.807, 2.05) is 55.5 Å². The van der Waals surface area contributed by atoms with Gasteiger partial charge in [-0.15, -0.1) is 0 Å². The van der Waals surface area contributed by atoms with Crippen molar-refractivity contribution >= 4 is 16.8 Å². The van der Waals surface area contributed by atoms with Crippen LogP contribution in [0.3, 0.4) is 0 Å². The van der Waals surface area contributed by atoms with Gasteiger partial charge in [0.25, 0.3) is 5.91 Å². The molecule has 134 valence electrons. The Hall–Kier alpha value is -3.54. The summed E-state index contributed by atoms with van der Waals surface area (Å²) in [4.78, 5) is 23.2. The monoisotopic (exact) mass is 358 g/mol. The van der Waals surface area contributed by atoms with Crippen molar-refractivity contribution in [2.24, 2.45) is 0 Å². The molecule has 0 bridgehead atoms. The summed E-state index contributed by atoms with van der Waals surface area (Å²) in [5.41, 5.74) is 3.40. The maximum Gasteiger partial charge on any atom is 0.254 e. The van der Waals surface area contributed by atoms with Crippen LogP contribution >= 0.6 is 0 Å². The number of aromatic nitrogens is 3. The minimum absolute atomic E-state index is 0.121. The topological polar surface area (TPSA) is 72.1 Å². The third-order valence-corrected chi connectivity index (χ3v) is 4.34. The van der Waals surface area contributed by atoms with Crippen LogP contribution in [0.15, 0.2) is 65.3 Å². The second-order valence-electron chi connectivity index (χ2n) is 6.42. The lowest BCUT2D eigenvalue weighted by Crippen LogP contribution is -2.26. The second kappa shape index (κ2) is 6.99. The summed E-state index contributed by atoms with van der Waals surface area (Å²) in [6.07, 6.45) is 1.64. The Morgan fingerprint density at radius 2 is 1.96 bits per heavy atom. The number of carbonyl (C=O) groups excluding carboxylic acids is 1. The first-order valence-electron chi connectivity index (χ1n) is 8.60. The predicted molar refractivity (Wildman–Crippen MR) is 102 cm³/mol. The Morgan fingerprint density at radius 1 is 1.11 bits per heavy atom. The van der Waals surface area contributed by atoms with Crippen molar-refractivity contribution in [2.75, 3.05) is 7.05 Å². The summed E-state index contributed by atoms with van der Waals surface area (Å²) < 4.78 is 5.34. The molecule has 0 spiro atoms. The van der Waals surface area contributed by atoms with E-state index in [9.17, 15) is 4.79 Å². The quantitative estimate of drug-likeness (QED) is 0.554. The summed E-state index contributed by atoms with van der Waals surface area (Å²) in [7, 11) is 1.72. The van der Waals surface area contributed by atoms with Gasteiger partial charge in [0.2, 0.25) is 11.7 Å². The molecule has 0 N–H and O–H groups in total. The molecule has 0 radical (unpaired) electrons. The van der Waals surface area contributed by atoms with E-state index >= 15 is 0 Å². The molecule has 6 heteroatoms. The molecule has 6 nitrogen and oxygen atoms in total. The van der Waals surface area contributed by atoms with Crippen molar-refractivity contribution in [2.45, 2.75) is 13.5 Å². The second-order valence-corrected chi connectivity index (χ2v) is 6.42. The summed E-state index contributed by atoms with van der Waals surface area (Å²) in [5, 5.41) is 4.85. The van der Waals surface area contributed by atoms with Crippen molar-refractivity contribution in [3.8, 4) is 11.4 Å². The highest BCUT2D eigenvalue weighted by Crippen LogP contribution is 2.20. The van der Waals surface area contributed by atoms with Gasteiger partial charge in [0.05, 0.1) is 17.6 Å². The van der Waals surface area contributed by atoms with Gasteiger partial charge >= 0.3 is 0 Å². The van der Waals surface area contributed by atoms with E-state index in [1.54, 1.807) is 24.2 Å². The smallest absolute Gasteiger partial charge is 0.254 e. The molecule has 0 aliphatic rings. The number of carbonyl (C=O) groups is 1. The van der Waals surface area contributed by atoms with E-state index in [0.717, 1.165) is 22.0 Å². The fourth-order valence-electron chi connectivity index (χ4n) is 2.98. The van der Waals surface area contributed by atoms with Gasteiger partial charge < -0.3 is 9.42 Å². The van der Waals surface area contributed by atoms with E-state index in [1.165, 1.54) is 0 Å². The van der Waals surface area contributed by atoms with Crippen LogP contribution in [0.5, 0.6) is 0 Å². The SMILES string of the molecule is Cc1cccc(-c2noc(CN(C)C(=O)c3ccnc4ccccc34)n2)c1. The van der Waals surface area contributed by atoms with Crippen molar-refractivity contribution in [1.29, 1.82) is 0 Å². The van der Waals surface area contributed by atoms with Gasteiger partial charge in [0, 0.05) is 24.2 Å². The van der Waals surface area contributed by atoms with Gasteiger partial charge in [0.1, 0.15) is 0 Å². The summed E-state index contributed by atoms with van der Waals surface area (Å²) >= 11 is 0. The van der Waals surface area contributed by atoms with Gasteiger partial charge in [-0.2, -0.15) is 4.98 Å². The normalized spacial score (nSPS) is 10.9. The number of aryl methyl sites for hydroxylation is 1. The van der Waals surface area contributed by atoms with Crippen LogP contribution in [-0.4, -0.2) is 33.0 Å². The Kier molecular flexibility index (Phi) is 4.38. The van der Waals surface area contributed by atoms with Crippen LogP contribution in [0.1, 0.15) is 21.8 Å². The number of para-hydroxylation sites is 1. The molecular weight excluding hydrogens is 340 g/mol. The van der Waals surface area contributed by atoms with Crippen LogP contribution < -0.4 is 0 Å². The molecule has 27 heavy (non-hydrogen) atoms. The molecule has 0 saturated carbocycles. The molecule has 0 aliphatic heterocycles. The Balaban J connectivity index is 1.55. The summed E-state index contributed by atoms with van der Waals surface area (Å²) in [5.74, 6) is 0.786. The first kappa shape index (κ1) is 16.9. The molecule has 4 aromatic rings. The molecule has 2 aromatic heterocycles. The van der Waals surface area contributed by atoms with Gasteiger partial charge in [-0.1, -0.05) is 47.1 Å². The molecular formula is C21H18N4O2. The average molecular weight is 358 g/mol. The minimum Gasteiger partial charge on any atom is -0.337 e. The number of benzene rings is 2. The summed E-state index contributed by atoms with van der Waals surface area (Å²) in [6.45, 7) is 2.24. The molecule has 2 heterocycles. The maximum atomic E-state index is 12.9. The average Bonchev–Trinajstić information content (AvgIpc) is 3.15. The lowest BCUT2D eigenvalue weighted by Gasteiger charge is -2.15. The van der Waals surface area contributed by atoms with E-state index in [-0.39, 0.29) is 12.5 Å². The van der Waals surface area contributed by atoms with Gasteiger partial charge in [-0.05, 0) is 25.1 Å². The lowest BCUT2D eigenvalue weighted by atomic mass is 10.1. The van der Waals surface area contributed by atoms with Gasteiger partial charge in [0.15, 0.2) is 0 Å². The van der Waals surface area contributed by atoms with Gasteiger partial charge in [-0.3, -0.25) is 9.78 Å². The molecule has 1 amide bonds. The van der Waals surface area contributed by atoms with Crippen molar-refractivity contribution in [3.05, 3.63) is 77.8 Å². The number of hydrogen-bond acceptors (Lipinski definition) is 5. The fourth-order valence-corrected chi connectivity index (χ4v) is 2.98. The van der Waals surface area contributed by atoms with Crippen LogP contribution in [-0.2, 0) is 6.54 Å². The molecule has 4 rings (SSSR count). The van der Waals surface area contributed by atoms with Crippen LogP contribution in [0.2, 0.25) is 0 Å². The zero-order valence-corrected chi connectivity index (χ0v) is 15.1. The molecule has 0 atom stereocenters. The van der Waals surface area contributed by atoms with E-state index in [2.05, 4.69) is 15.1 Å². The van der Waals surface area contributed by atoms with Crippen LogP contribution in [0.4, 0.5) is 0 Å². The number of nitrogens with zero attached hydrogens (tertiary/aromatic N) is 4. The van der Waals surface area contributed by atoms with E-state index < -0.39 is 0 Å². The first-order valence-corrected chi connectivity index (χ1v) is 8.60. The van der Waals surface area contributed by atoms with E-state index in [0.29, 0.717) is 17.3 Å². The van der Waals surface area contributed by atoms with Crippen LogP contribution in [0.25, 0.3) is 22.3 Å². The van der Waals surface area contributed by atoms with Crippen molar-refractivity contribution < 1.29 is 9.32 Å². The standard InChI is InChI=1S/C21H18N4O2/c1-14-6-5-7-15(12-14)20-23-19(27-24-20)13-25(2)21(26)17-10-11-22-18-9-4-3-8-16(17)18/h3-12H,13H2,1-2H3. The Labute approximate surface area is 156 Å². The minimum atomic E-state index is -0.121. The first-order chi connectivity index (χ1) is 13.1. The zero-order valence-electron chi connectivity index (χ0n) is 15.1. The maximum absolute atomic E-state index is 12.9. The molecule has 0 fully saturated rings. The molecule has 0 saturated heterocycles. The molecule has 0 unspecified atom stereocenters. The van der Waals surface area contributed by atoms with Crippen LogP contribution in [0, 0.1) is 6.92 Å². The lowest BCUT2D eigenvalue weighted by molar-refractivity contribution is 0.0771. The Morgan fingerprint density at radius 3 is 2.81 bits per heavy atom. The predicted octanol–water partition coefficient (Wildman–Crippen LogP) is 3.87. The highest BCUT2D eigenvalue weighted by atomic mass is 16.5. The molecule has 0 aliphatic carbocycles. The van der Waals surface area contributed by atoms with Crippen molar-refractivity contribution in [3.63, 3.8) is 0 Å². The number of fused-ring (bicyclic) bond motifs is 1. The summed E-state index contributed by atoms with van der Waals surface area (Å²) in [6, 6.07) is 17.2. The number of pyridine rings is 1.